The molecule has 3 aromatic heterocycles. The predicted molar refractivity (Wildman–Crippen MR) is 214 cm³/mol. The summed E-state index contributed by atoms with van der Waals surface area (Å²) in [6.07, 6.45) is 8.15. The van der Waals surface area contributed by atoms with Crippen LogP contribution < -0.4 is 20.7 Å². The fraction of sp³-hybridized carbons (Fsp3) is 0.419. The minimum atomic E-state index is -0.375. The molecular formula is C43H52N8O4. The first-order chi connectivity index (χ1) is 26.9. The van der Waals surface area contributed by atoms with E-state index in [0.717, 1.165) is 82.9 Å². The number of pyridine rings is 2. The Balaban J connectivity index is 1.03. The number of hydrogen-bond donors (Lipinski definition) is 3. The van der Waals surface area contributed by atoms with Gasteiger partial charge in [0.25, 0.3) is 11.8 Å². The van der Waals surface area contributed by atoms with Crippen molar-refractivity contribution in [2.45, 2.75) is 84.6 Å². The number of fused-ring (bicyclic) bond motifs is 1. The number of aryl methyl sites for hydroxylation is 2. The number of benzene rings is 2. The lowest BCUT2D eigenvalue weighted by molar-refractivity contribution is 0.0904. The van der Waals surface area contributed by atoms with Gasteiger partial charge in [-0.25, -0.2) is 14.6 Å². The number of aromatic nitrogens is 4. The number of piperidine rings is 1. The Hall–Kier alpha value is -5.33. The summed E-state index contributed by atoms with van der Waals surface area (Å²) in [6, 6.07) is 19.7. The van der Waals surface area contributed by atoms with Crippen molar-refractivity contribution in [1.82, 2.24) is 35.3 Å². The zero-order valence-corrected chi connectivity index (χ0v) is 32.2. The number of rotatable bonds is 14. The first kappa shape index (κ1) is 38.0. The van der Waals surface area contributed by atoms with Crippen molar-refractivity contribution in [1.29, 1.82) is 0 Å². The Morgan fingerprint density at radius 3 is 2.35 bits per heavy atom. The van der Waals surface area contributed by atoms with Crippen LogP contribution in [0.15, 0.2) is 66.9 Å². The van der Waals surface area contributed by atoms with Gasteiger partial charge in [-0.15, -0.1) is 0 Å². The van der Waals surface area contributed by atoms with E-state index in [0.29, 0.717) is 26.2 Å². The molecule has 12 nitrogen and oxygen atoms in total. The first-order valence-corrected chi connectivity index (χ1v) is 19.7. The van der Waals surface area contributed by atoms with Crippen molar-refractivity contribution in [3.63, 3.8) is 0 Å². The van der Waals surface area contributed by atoms with Gasteiger partial charge in [-0.05, 0) is 99.1 Å². The summed E-state index contributed by atoms with van der Waals surface area (Å²) < 4.78 is 13.2. The second-order valence-electron chi connectivity index (χ2n) is 14.3. The lowest BCUT2D eigenvalue weighted by Crippen LogP contribution is -2.30. The van der Waals surface area contributed by atoms with E-state index in [1.807, 2.05) is 29.9 Å². The number of hydrogen-bond acceptors (Lipinski definition) is 9. The average molecular weight is 745 g/mol. The molecule has 0 saturated carbocycles. The van der Waals surface area contributed by atoms with Crippen molar-refractivity contribution in [3.05, 3.63) is 101 Å². The molecule has 0 bridgehead atoms. The zero-order chi connectivity index (χ0) is 38.1. The molecule has 0 unspecified atom stereocenters. The molecule has 288 valence electrons. The summed E-state index contributed by atoms with van der Waals surface area (Å²) in [7, 11) is 1.68. The van der Waals surface area contributed by atoms with Crippen molar-refractivity contribution in [3.8, 4) is 16.9 Å². The number of anilines is 1. The number of carbonyl (C=O) groups excluding carboxylic acids is 2. The van der Waals surface area contributed by atoms with E-state index in [1.165, 1.54) is 24.8 Å². The quantitative estimate of drug-likeness (QED) is 0.116. The molecule has 2 amide bonds. The van der Waals surface area contributed by atoms with Crippen LogP contribution >= 0.6 is 0 Å². The summed E-state index contributed by atoms with van der Waals surface area (Å²) in [4.78, 5) is 38.9. The van der Waals surface area contributed by atoms with Crippen LogP contribution in [0.2, 0.25) is 0 Å². The fourth-order valence-corrected chi connectivity index (χ4v) is 7.62. The number of ether oxygens (including phenoxy) is 2. The summed E-state index contributed by atoms with van der Waals surface area (Å²) in [5.41, 5.74) is 8.15. The second kappa shape index (κ2) is 17.9. The van der Waals surface area contributed by atoms with Crippen LogP contribution in [0.25, 0.3) is 22.2 Å². The highest BCUT2D eigenvalue weighted by Crippen LogP contribution is 2.33. The molecule has 55 heavy (non-hydrogen) atoms. The molecule has 2 aliphatic heterocycles. The molecular weight excluding hydrogens is 693 g/mol. The Morgan fingerprint density at radius 1 is 0.873 bits per heavy atom. The minimum absolute atomic E-state index is 0.161. The van der Waals surface area contributed by atoms with Crippen LogP contribution in [0, 0.1) is 0 Å². The highest BCUT2D eigenvalue weighted by atomic mass is 16.5. The van der Waals surface area contributed by atoms with Crippen LogP contribution in [-0.2, 0) is 37.3 Å². The number of nitrogens with one attached hydrogen (secondary N) is 3. The van der Waals surface area contributed by atoms with Crippen LogP contribution in [0.5, 0.6) is 5.75 Å². The Labute approximate surface area is 323 Å². The first-order valence-electron chi connectivity index (χ1n) is 19.7. The van der Waals surface area contributed by atoms with E-state index in [2.05, 4.69) is 68.2 Å². The van der Waals surface area contributed by atoms with E-state index in [4.69, 9.17) is 14.5 Å². The topological polar surface area (TPSA) is 136 Å². The van der Waals surface area contributed by atoms with Gasteiger partial charge in [0.05, 0.1) is 24.4 Å². The van der Waals surface area contributed by atoms with E-state index in [9.17, 15) is 9.59 Å². The third kappa shape index (κ3) is 8.98. The maximum Gasteiger partial charge on any atom is 0.270 e. The van der Waals surface area contributed by atoms with E-state index in [1.54, 1.807) is 25.3 Å². The smallest absolute Gasteiger partial charge is 0.270 e. The molecule has 0 aliphatic carbocycles. The van der Waals surface area contributed by atoms with Crippen LogP contribution in [0.3, 0.4) is 0 Å². The number of carbonyl (C=O) groups is 2. The molecule has 0 radical (unpaired) electrons. The molecule has 3 N–H and O–H groups in total. The second-order valence-corrected chi connectivity index (χ2v) is 14.3. The normalized spacial score (nSPS) is 15.2. The molecule has 12 heteroatoms. The van der Waals surface area contributed by atoms with E-state index < -0.39 is 0 Å². The van der Waals surface area contributed by atoms with Gasteiger partial charge in [0.2, 0.25) is 0 Å². The summed E-state index contributed by atoms with van der Waals surface area (Å²) in [5.74, 6) is 0.0320. The lowest BCUT2D eigenvalue weighted by atomic mass is 9.99. The predicted octanol–water partition coefficient (Wildman–Crippen LogP) is 6.52. The summed E-state index contributed by atoms with van der Waals surface area (Å²) in [5, 5.41) is 15.3. The monoisotopic (exact) mass is 744 g/mol. The maximum absolute atomic E-state index is 13.6. The Bertz CT molecular complexity index is 2120. The lowest BCUT2D eigenvalue weighted by Gasteiger charge is -2.26. The van der Waals surface area contributed by atoms with Gasteiger partial charge in [0.15, 0.2) is 5.65 Å². The number of amides is 2. The third-order valence-electron chi connectivity index (χ3n) is 10.6. The number of likely N-dealkylation sites (tertiary alicyclic amines) is 1. The van der Waals surface area contributed by atoms with E-state index in [-0.39, 0.29) is 42.3 Å². The van der Waals surface area contributed by atoms with Gasteiger partial charge in [-0.2, -0.15) is 5.10 Å². The largest absolute Gasteiger partial charge is 0.496 e. The van der Waals surface area contributed by atoms with Gasteiger partial charge in [0.1, 0.15) is 17.1 Å². The molecule has 0 spiro atoms. The molecule has 0 atom stereocenters. The molecule has 5 aromatic rings. The number of methoxy groups -OCH3 is 1. The van der Waals surface area contributed by atoms with Gasteiger partial charge in [-0.1, -0.05) is 43.7 Å². The van der Waals surface area contributed by atoms with Crippen LogP contribution in [-0.4, -0.2) is 75.9 Å². The van der Waals surface area contributed by atoms with E-state index >= 15 is 0 Å². The van der Waals surface area contributed by atoms with Crippen molar-refractivity contribution < 1.29 is 19.1 Å². The Kier molecular flexibility index (Phi) is 12.3. The average Bonchev–Trinajstić information content (AvgIpc) is 3.66. The summed E-state index contributed by atoms with van der Waals surface area (Å²) in [6.45, 7) is 9.97. The standard InChI is InChI=1S/C43H52N8O4/c1-4-36-34(40(47-32-17-21-55-22-18-32)35-27-46-51(5-2)41(35)49-36)26-45-43(53)38-14-10-13-37(48-38)42(52)44-25-29-15-16-39(54-3)33(24-29)31-12-9-11-30(23-31)28-50-19-7-6-8-20-50/h9-16,23-24,27,32H,4-8,17-22,25-26,28H2,1-3H3,(H,44,52)(H,45,53)(H,47,49). The molecule has 5 heterocycles. The van der Waals surface area contributed by atoms with Gasteiger partial charge >= 0.3 is 0 Å². The SMILES string of the molecule is CCc1nc2c(cnn2CC)c(NC2CCOCC2)c1CNC(=O)c1cccc(C(=O)NCc2ccc(OC)c(-c3cccc(CN4CCCCC4)c3)c2)n1. The summed E-state index contributed by atoms with van der Waals surface area (Å²) >= 11 is 0. The number of nitrogens with zero attached hydrogens (tertiary/aromatic N) is 5. The fourth-order valence-electron chi connectivity index (χ4n) is 7.62. The molecule has 7 rings (SSSR count). The van der Waals surface area contributed by atoms with Crippen molar-refractivity contribution in [2.75, 3.05) is 38.7 Å². The zero-order valence-electron chi connectivity index (χ0n) is 32.2. The van der Waals surface area contributed by atoms with Gasteiger partial charge < -0.3 is 25.4 Å². The molecule has 2 aliphatic rings. The maximum atomic E-state index is 13.6. The van der Waals surface area contributed by atoms with Crippen molar-refractivity contribution >= 4 is 28.5 Å². The Morgan fingerprint density at radius 2 is 1.62 bits per heavy atom. The van der Waals surface area contributed by atoms with Crippen molar-refractivity contribution in [2.24, 2.45) is 0 Å². The van der Waals surface area contributed by atoms with Crippen LogP contribution in [0.4, 0.5) is 5.69 Å². The molecule has 2 saturated heterocycles. The van der Waals surface area contributed by atoms with Gasteiger partial charge in [-0.3, -0.25) is 14.5 Å². The third-order valence-corrected chi connectivity index (χ3v) is 10.6. The van der Waals surface area contributed by atoms with Gasteiger partial charge in [0, 0.05) is 62.3 Å². The van der Waals surface area contributed by atoms with Crippen LogP contribution in [0.1, 0.15) is 89.3 Å². The molecule has 2 fully saturated rings. The highest BCUT2D eigenvalue weighted by Gasteiger charge is 2.23. The minimum Gasteiger partial charge on any atom is -0.496 e. The molecule has 2 aromatic carbocycles. The highest BCUT2D eigenvalue weighted by molar-refractivity contribution is 5.97.